The van der Waals surface area contributed by atoms with Crippen LogP contribution >= 0.6 is 0 Å². The number of rotatable bonds is 6. The van der Waals surface area contributed by atoms with Crippen LogP contribution < -0.4 is 15.5 Å². The van der Waals surface area contributed by atoms with E-state index in [9.17, 15) is 14.4 Å². The minimum atomic E-state index is -0.699. The topological polar surface area (TPSA) is 78.5 Å². The van der Waals surface area contributed by atoms with Gasteiger partial charge in [0.2, 0.25) is 5.91 Å². The molecule has 6 nitrogen and oxygen atoms in total. The SMILES string of the molecule is Cc1cccc(C(=O)NC(C(=O)Nc2ccc(C(=O)N3CCc4ccccc43)cc2)C(C)C)c1. The van der Waals surface area contributed by atoms with E-state index in [1.807, 2.05) is 57.2 Å². The molecule has 1 heterocycles. The second-order valence-electron chi connectivity index (χ2n) is 8.97. The highest BCUT2D eigenvalue weighted by Gasteiger charge is 2.26. The van der Waals surface area contributed by atoms with Crippen LogP contribution in [0.5, 0.6) is 0 Å². The third-order valence-electron chi connectivity index (χ3n) is 6.05. The second-order valence-corrected chi connectivity index (χ2v) is 8.97. The number of para-hydroxylation sites is 1. The van der Waals surface area contributed by atoms with E-state index < -0.39 is 6.04 Å². The highest BCUT2D eigenvalue weighted by atomic mass is 16.2. The standard InChI is InChI=1S/C28H29N3O3/c1-18(2)25(30-26(32)22-9-6-7-19(3)17-22)27(33)29-23-13-11-21(12-14-23)28(34)31-16-15-20-8-4-5-10-24(20)31/h4-14,17-18,25H,15-16H2,1-3H3,(H,29,33)(H,30,32). The minimum absolute atomic E-state index is 0.0618. The van der Waals surface area contributed by atoms with Crippen molar-refractivity contribution in [2.24, 2.45) is 5.92 Å². The van der Waals surface area contributed by atoms with Crippen LogP contribution in [0, 0.1) is 12.8 Å². The molecule has 3 amide bonds. The third-order valence-corrected chi connectivity index (χ3v) is 6.05. The molecule has 4 rings (SSSR count). The Hall–Kier alpha value is -3.93. The smallest absolute Gasteiger partial charge is 0.258 e. The maximum Gasteiger partial charge on any atom is 0.258 e. The van der Waals surface area contributed by atoms with Crippen LogP contribution in [0.3, 0.4) is 0 Å². The number of amides is 3. The predicted molar refractivity (Wildman–Crippen MR) is 134 cm³/mol. The molecular formula is C28H29N3O3. The van der Waals surface area contributed by atoms with Crippen LogP contribution in [-0.2, 0) is 11.2 Å². The molecule has 3 aromatic carbocycles. The lowest BCUT2D eigenvalue weighted by molar-refractivity contribution is -0.118. The number of aryl methyl sites for hydroxylation is 1. The summed E-state index contributed by atoms with van der Waals surface area (Å²) in [4.78, 5) is 40.4. The molecule has 1 aliphatic rings. The van der Waals surface area contributed by atoms with Crippen molar-refractivity contribution in [2.75, 3.05) is 16.8 Å². The molecule has 1 unspecified atom stereocenters. The van der Waals surface area contributed by atoms with Crippen molar-refractivity contribution in [3.63, 3.8) is 0 Å². The van der Waals surface area contributed by atoms with E-state index in [-0.39, 0.29) is 23.6 Å². The van der Waals surface area contributed by atoms with E-state index in [1.54, 1.807) is 41.3 Å². The maximum absolute atomic E-state index is 13.0. The molecule has 0 fully saturated rings. The van der Waals surface area contributed by atoms with E-state index in [4.69, 9.17) is 0 Å². The average Bonchev–Trinajstić information content (AvgIpc) is 3.26. The van der Waals surface area contributed by atoms with E-state index in [0.29, 0.717) is 23.4 Å². The molecule has 1 aliphatic heterocycles. The molecule has 34 heavy (non-hydrogen) atoms. The Kier molecular flexibility index (Phi) is 6.77. The van der Waals surface area contributed by atoms with E-state index >= 15 is 0 Å². The molecule has 2 N–H and O–H groups in total. The minimum Gasteiger partial charge on any atom is -0.340 e. The Bertz CT molecular complexity index is 1220. The fourth-order valence-corrected chi connectivity index (χ4v) is 4.17. The van der Waals surface area contributed by atoms with E-state index in [1.165, 1.54) is 5.56 Å². The molecule has 0 saturated carbocycles. The maximum atomic E-state index is 13.0. The zero-order chi connectivity index (χ0) is 24.2. The van der Waals surface area contributed by atoms with Gasteiger partial charge in [-0.3, -0.25) is 14.4 Å². The molecule has 174 valence electrons. The fourth-order valence-electron chi connectivity index (χ4n) is 4.17. The summed E-state index contributed by atoms with van der Waals surface area (Å²) < 4.78 is 0. The molecule has 3 aromatic rings. The lowest BCUT2D eigenvalue weighted by Crippen LogP contribution is -2.47. The number of hydrogen-bond donors (Lipinski definition) is 2. The summed E-state index contributed by atoms with van der Waals surface area (Å²) in [6.45, 7) is 6.35. The van der Waals surface area contributed by atoms with Gasteiger partial charge in [-0.2, -0.15) is 0 Å². The van der Waals surface area contributed by atoms with Gasteiger partial charge in [-0.05, 0) is 67.3 Å². The van der Waals surface area contributed by atoms with Gasteiger partial charge >= 0.3 is 0 Å². The van der Waals surface area contributed by atoms with Gasteiger partial charge in [0, 0.05) is 29.0 Å². The molecule has 0 bridgehead atoms. The Balaban J connectivity index is 1.42. The lowest BCUT2D eigenvalue weighted by atomic mass is 10.0. The molecule has 0 spiro atoms. The van der Waals surface area contributed by atoms with Crippen LogP contribution in [0.2, 0.25) is 0 Å². The summed E-state index contributed by atoms with van der Waals surface area (Å²) in [7, 11) is 0. The van der Waals surface area contributed by atoms with Crippen molar-refractivity contribution in [3.8, 4) is 0 Å². The van der Waals surface area contributed by atoms with Gasteiger partial charge in [0.1, 0.15) is 6.04 Å². The first-order valence-corrected chi connectivity index (χ1v) is 11.5. The molecule has 0 aliphatic carbocycles. The zero-order valence-corrected chi connectivity index (χ0v) is 19.7. The third kappa shape index (κ3) is 5.01. The first kappa shape index (κ1) is 23.2. The fraction of sp³-hybridized carbons (Fsp3) is 0.250. The number of fused-ring (bicyclic) bond motifs is 1. The molecule has 6 heteroatoms. The van der Waals surface area contributed by atoms with E-state index in [2.05, 4.69) is 10.6 Å². The summed E-state index contributed by atoms with van der Waals surface area (Å²) in [5.41, 5.74) is 4.75. The summed E-state index contributed by atoms with van der Waals surface area (Å²) >= 11 is 0. The average molecular weight is 456 g/mol. The Labute approximate surface area is 200 Å². The van der Waals surface area contributed by atoms with Gasteiger partial charge in [0.05, 0.1) is 0 Å². The first-order chi connectivity index (χ1) is 16.3. The van der Waals surface area contributed by atoms with Crippen molar-refractivity contribution in [3.05, 3.63) is 95.1 Å². The van der Waals surface area contributed by atoms with Crippen molar-refractivity contribution >= 4 is 29.1 Å². The van der Waals surface area contributed by atoms with Crippen molar-refractivity contribution in [1.29, 1.82) is 0 Å². The number of carbonyl (C=O) groups is 3. The van der Waals surface area contributed by atoms with Crippen LogP contribution in [0.4, 0.5) is 11.4 Å². The van der Waals surface area contributed by atoms with Crippen molar-refractivity contribution in [1.82, 2.24) is 5.32 Å². The summed E-state index contributed by atoms with van der Waals surface area (Å²) in [6, 6.07) is 21.3. The molecule has 0 aromatic heterocycles. The first-order valence-electron chi connectivity index (χ1n) is 11.5. The largest absolute Gasteiger partial charge is 0.340 e. The van der Waals surface area contributed by atoms with Gasteiger partial charge in [-0.1, -0.05) is 49.7 Å². The number of nitrogens with one attached hydrogen (secondary N) is 2. The highest BCUT2D eigenvalue weighted by molar-refractivity contribution is 6.07. The normalized spacial score (nSPS) is 13.4. The van der Waals surface area contributed by atoms with Gasteiger partial charge in [-0.15, -0.1) is 0 Å². The highest BCUT2D eigenvalue weighted by Crippen LogP contribution is 2.29. The number of carbonyl (C=O) groups excluding carboxylic acids is 3. The van der Waals surface area contributed by atoms with Crippen molar-refractivity contribution < 1.29 is 14.4 Å². The monoisotopic (exact) mass is 455 g/mol. The van der Waals surface area contributed by atoms with Gasteiger partial charge in [-0.25, -0.2) is 0 Å². The van der Waals surface area contributed by atoms with Gasteiger partial charge in [0.15, 0.2) is 0 Å². The Morgan fingerprint density at radius 3 is 2.32 bits per heavy atom. The van der Waals surface area contributed by atoms with Crippen LogP contribution in [0.15, 0.2) is 72.8 Å². The summed E-state index contributed by atoms with van der Waals surface area (Å²) in [5.74, 6) is -0.758. The number of benzene rings is 3. The van der Waals surface area contributed by atoms with Crippen molar-refractivity contribution in [2.45, 2.75) is 33.2 Å². The Morgan fingerprint density at radius 2 is 1.62 bits per heavy atom. The second kappa shape index (κ2) is 9.91. The summed E-state index contributed by atoms with van der Waals surface area (Å²) in [6.07, 6.45) is 0.848. The Morgan fingerprint density at radius 1 is 0.882 bits per heavy atom. The van der Waals surface area contributed by atoms with Gasteiger partial charge < -0.3 is 15.5 Å². The molecule has 0 radical (unpaired) electrons. The predicted octanol–water partition coefficient (Wildman–Crippen LogP) is 4.59. The van der Waals surface area contributed by atoms with Gasteiger partial charge in [0.25, 0.3) is 11.8 Å². The summed E-state index contributed by atoms with van der Waals surface area (Å²) in [5, 5.41) is 5.71. The number of nitrogens with zero attached hydrogens (tertiary/aromatic N) is 1. The molecule has 1 atom stereocenters. The quantitative estimate of drug-likeness (QED) is 0.571. The zero-order valence-electron chi connectivity index (χ0n) is 19.7. The van der Waals surface area contributed by atoms with E-state index in [0.717, 1.165) is 17.7 Å². The molecule has 0 saturated heterocycles. The molecular weight excluding hydrogens is 426 g/mol. The van der Waals surface area contributed by atoms with Crippen LogP contribution in [-0.4, -0.2) is 30.3 Å². The number of hydrogen-bond acceptors (Lipinski definition) is 3. The van der Waals surface area contributed by atoms with Crippen LogP contribution in [0.25, 0.3) is 0 Å². The number of anilines is 2. The lowest BCUT2D eigenvalue weighted by Gasteiger charge is -2.22. The van der Waals surface area contributed by atoms with Crippen LogP contribution in [0.1, 0.15) is 45.7 Å².